The van der Waals surface area contributed by atoms with Gasteiger partial charge in [-0.05, 0) is 22.0 Å². The molecule has 0 aliphatic rings. The molecule has 1 aromatic rings. The van der Waals surface area contributed by atoms with Crippen molar-refractivity contribution in [1.82, 2.24) is 0 Å². The molecule has 4 N–H and O–H groups in total. The summed E-state index contributed by atoms with van der Waals surface area (Å²) in [5.41, 5.74) is 5.30. The maximum atomic E-state index is 8.82. The van der Waals surface area contributed by atoms with Gasteiger partial charge in [-0.25, -0.2) is 0 Å². The highest BCUT2D eigenvalue weighted by Crippen LogP contribution is 2.26. The molecular formula is C7H8BrClNO+. The molecule has 0 saturated heterocycles. The van der Waals surface area contributed by atoms with Crippen molar-refractivity contribution in [3.05, 3.63) is 27.2 Å². The van der Waals surface area contributed by atoms with E-state index in [1.165, 1.54) is 0 Å². The lowest BCUT2D eigenvalue weighted by atomic mass is 10.2. The molecule has 0 fully saturated rings. The zero-order valence-corrected chi connectivity index (χ0v) is 8.11. The van der Waals surface area contributed by atoms with Crippen LogP contribution in [0.2, 0.25) is 5.02 Å². The van der Waals surface area contributed by atoms with Crippen LogP contribution in [0.4, 0.5) is 5.69 Å². The van der Waals surface area contributed by atoms with Crippen LogP contribution in [0.15, 0.2) is 16.6 Å². The molecule has 1 rings (SSSR count). The first-order valence-electron chi connectivity index (χ1n) is 3.06. The van der Waals surface area contributed by atoms with E-state index >= 15 is 0 Å². The van der Waals surface area contributed by atoms with E-state index in [0.29, 0.717) is 5.02 Å². The number of halogens is 2. The summed E-state index contributed by atoms with van der Waals surface area (Å²) in [5, 5.41) is 9.42. The second-order valence-corrected chi connectivity index (χ2v) is 3.45. The fourth-order valence-corrected chi connectivity index (χ4v) is 1.35. The van der Waals surface area contributed by atoms with Gasteiger partial charge in [0.25, 0.3) is 0 Å². The summed E-state index contributed by atoms with van der Waals surface area (Å²) in [6.07, 6.45) is 0. The largest absolute Gasteiger partial charge is 0.391 e. The number of aliphatic hydroxyl groups excluding tert-OH is 1. The van der Waals surface area contributed by atoms with Crippen molar-refractivity contribution in [1.29, 1.82) is 0 Å². The number of hydrogen-bond donors (Lipinski definition) is 2. The second-order valence-electron chi connectivity index (χ2n) is 2.19. The van der Waals surface area contributed by atoms with E-state index in [-0.39, 0.29) is 6.61 Å². The van der Waals surface area contributed by atoms with Crippen molar-refractivity contribution in [2.75, 3.05) is 0 Å². The number of hydrogen-bond acceptors (Lipinski definition) is 1. The molecule has 0 unspecified atom stereocenters. The van der Waals surface area contributed by atoms with Crippen LogP contribution in [-0.2, 0) is 6.61 Å². The number of aliphatic hydroxyl groups is 1. The van der Waals surface area contributed by atoms with Gasteiger partial charge in [0.1, 0.15) is 5.69 Å². The smallest absolute Gasteiger partial charge is 0.134 e. The van der Waals surface area contributed by atoms with Crippen molar-refractivity contribution in [3.63, 3.8) is 0 Å². The SMILES string of the molecule is [NH3+]c1cc(Br)c(Cl)cc1CO. The summed E-state index contributed by atoms with van der Waals surface area (Å²) in [6, 6.07) is 3.49. The van der Waals surface area contributed by atoms with Gasteiger partial charge in [0.15, 0.2) is 0 Å². The van der Waals surface area contributed by atoms with Gasteiger partial charge in [0, 0.05) is 16.1 Å². The van der Waals surface area contributed by atoms with Crippen LogP contribution < -0.4 is 5.73 Å². The fraction of sp³-hybridized carbons (Fsp3) is 0.143. The van der Waals surface area contributed by atoms with Gasteiger partial charge in [-0.3, -0.25) is 0 Å². The third kappa shape index (κ3) is 1.93. The Kier molecular flexibility index (Phi) is 2.90. The Hall–Kier alpha value is -0.0900. The van der Waals surface area contributed by atoms with E-state index in [2.05, 4.69) is 21.7 Å². The molecule has 0 saturated carbocycles. The average Bonchev–Trinajstić information content (AvgIpc) is 1.97. The maximum absolute atomic E-state index is 8.82. The van der Waals surface area contributed by atoms with Crippen LogP contribution in [-0.4, -0.2) is 5.11 Å². The highest BCUT2D eigenvalue weighted by molar-refractivity contribution is 9.10. The highest BCUT2D eigenvalue weighted by atomic mass is 79.9. The Morgan fingerprint density at radius 2 is 2.18 bits per heavy atom. The Labute approximate surface area is 78.1 Å². The molecule has 1 aromatic carbocycles. The topological polar surface area (TPSA) is 47.9 Å². The monoisotopic (exact) mass is 236 g/mol. The molecule has 60 valence electrons. The van der Waals surface area contributed by atoms with Gasteiger partial charge in [0.2, 0.25) is 0 Å². The predicted molar refractivity (Wildman–Crippen MR) is 47.6 cm³/mol. The molecular weight excluding hydrogens is 229 g/mol. The minimum absolute atomic E-state index is 0.0220. The lowest BCUT2D eigenvalue weighted by Gasteiger charge is -2.00. The average molecular weight is 238 g/mol. The zero-order chi connectivity index (χ0) is 8.43. The van der Waals surface area contributed by atoms with E-state index in [0.717, 1.165) is 15.7 Å². The Morgan fingerprint density at radius 1 is 1.55 bits per heavy atom. The minimum atomic E-state index is -0.0220. The van der Waals surface area contributed by atoms with Crippen molar-refractivity contribution in [2.24, 2.45) is 0 Å². The molecule has 0 amide bonds. The number of rotatable bonds is 1. The predicted octanol–water partition coefficient (Wildman–Crippen LogP) is 1.47. The first kappa shape index (κ1) is 9.00. The zero-order valence-electron chi connectivity index (χ0n) is 5.77. The quantitative estimate of drug-likeness (QED) is 0.763. The van der Waals surface area contributed by atoms with Crippen LogP contribution >= 0.6 is 27.5 Å². The summed E-state index contributed by atoms with van der Waals surface area (Å²) in [5.74, 6) is 0. The summed E-state index contributed by atoms with van der Waals surface area (Å²) in [7, 11) is 0. The summed E-state index contributed by atoms with van der Waals surface area (Å²) in [6.45, 7) is -0.0220. The molecule has 0 heterocycles. The molecule has 4 heteroatoms. The Balaban J connectivity index is 3.21. The van der Waals surface area contributed by atoms with Crippen molar-refractivity contribution < 1.29 is 10.8 Å². The number of benzene rings is 1. The van der Waals surface area contributed by atoms with Gasteiger partial charge in [-0.2, -0.15) is 0 Å². The molecule has 0 aliphatic heterocycles. The minimum Gasteiger partial charge on any atom is -0.391 e. The van der Waals surface area contributed by atoms with Crippen LogP contribution in [0.25, 0.3) is 0 Å². The Morgan fingerprint density at radius 3 is 2.73 bits per heavy atom. The second kappa shape index (κ2) is 3.54. The fourth-order valence-electron chi connectivity index (χ4n) is 0.776. The molecule has 2 nitrogen and oxygen atoms in total. The summed E-state index contributed by atoms with van der Waals surface area (Å²) >= 11 is 9.03. The van der Waals surface area contributed by atoms with Gasteiger partial charge >= 0.3 is 0 Å². The van der Waals surface area contributed by atoms with Gasteiger partial charge in [-0.15, -0.1) is 0 Å². The van der Waals surface area contributed by atoms with E-state index < -0.39 is 0 Å². The lowest BCUT2D eigenvalue weighted by molar-refractivity contribution is -0.256. The van der Waals surface area contributed by atoms with E-state index in [4.69, 9.17) is 16.7 Å². The van der Waals surface area contributed by atoms with E-state index in [1.807, 2.05) is 0 Å². The first-order valence-corrected chi connectivity index (χ1v) is 4.23. The molecule has 0 bridgehead atoms. The van der Waals surface area contributed by atoms with Gasteiger partial charge in [-0.1, -0.05) is 11.6 Å². The standard InChI is InChI=1S/C7H7BrClNO/c8-5-2-7(10)4(3-11)1-6(5)9/h1-2,11H,3,10H2/p+1. The van der Waals surface area contributed by atoms with Crippen molar-refractivity contribution in [2.45, 2.75) is 6.61 Å². The molecule has 0 atom stereocenters. The van der Waals surface area contributed by atoms with Crippen LogP contribution in [0, 0.1) is 0 Å². The van der Waals surface area contributed by atoms with Crippen LogP contribution in [0.5, 0.6) is 0 Å². The van der Waals surface area contributed by atoms with Crippen molar-refractivity contribution in [3.8, 4) is 0 Å². The van der Waals surface area contributed by atoms with Crippen LogP contribution in [0.3, 0.4) is 0 Å². The third-order valence-electron chi connectivity index (χ3n) is 1.41. The van der Waals surface area contributed by atoms with Gasteiger partial charge < -0.3 is 10.8 Å². The summed E-state index contributed by atoms with van der Waals surface area (Å²) < 4.78 is 0.807. The lowest BCUT2D eigenvalue weighted by Crippen LogP contribution is -2.41. The molecule has 0 radical (unpaired) electrons. The molecule has 11 heavy (non-hydrogen) atoms. The van der Waals surface area contributed by atoms with E-state index in [9.17, 15) is 0 Å². The van der Waals surface area contributed by atoms with Gasteiger partial charge in [0.05, 0.1) is 11.6 Å². The summed E-state index contributed by atoms with van der Waals surface area (Å²) in [4.78, 5) is 0. The number of quaternary nitrogens is 1. The Bertz CT molecular complexity index is 277. The van der Waals surface area contributed by atoms with Crippen molar-refractivity contribution >= 4 is 33.2 Å². The van der Waals surface area contributed by atoms with E-state index in [1.54, 1.807) is 12.1 Å². The first-order chi connectivity index (χ1) is 5.15. The molecule has 0 aliphatic carbocycles. The highest BCUT2D eigenvalue weighted by Gasteiger charge is 2.05. The molecule has 0 aromatic heterocycles. The maximum Gasteiger partial charge on any atom is 0.134 e. The normalized spacial score (nSPS) is 10.2. The van der Waals surface area contributed by atoms with Crippen LogP contribution in [0.1, 0.15) is 5.56 Å². The third-order valence-corrected chi connectivity index (χ3v) is 2.61. The molecule has 0 spiro atoms.